The van der Waals surface area contributed by atoms with Gasteiger partial charge in [0.2, 0.25) is 0 Å². The smallest absolute Gasteiger partial charge is 0.138 e. The molecule has 0 unspecified atom stereocenters. The first-order valence-electron chi connectivity index (χ1n) is 11.1. The van der Waals surface area contributed by atoms with Crippen molar-refractivity contribution >= 4 is 53.7 Å². The highest BCUT2D eigenvalue weighted by Crippen LogP contribution is 2.44. The molecule has 2 heterocycles. The SMILES string of the molecule is COC(C)(C)n1cc(C(C)(C)c2cn(C(C)(C)OC)c3ccc(Br)cc23)c2cc(Br)ccc21. The third kappa shape index (κ3) is 3.99. The molecule has 2 aromatic carbocycles. The van der Waals surface area contributed by atoms with Gasteiger partial charge in [-0.25, -0.2) is 0 Å². The normalized spacial score (nSPS) is 13.4. The van der Waals surface area contributed by atoms with Crippen LogP contribution in [0.1, 0.15) is 52.7 Å². The maximum absolute atomic E-state index is 5.87. The molecule has 6 heteroatoms. The number of halogens is 2. The fraction of sp³-hybridized carbons (Fsp3) is 0.407. The zero-order valence-electron chi connectivity index (χ0n) is 20.6. The van der Waals surface area contributed by atoms with E-state index < -0.39 is 11.4 Å². The van der Waals surface area contributed by atoms with E-state index in [0.29, 0.717) is 0 Å². The van der Waals surface area contributed by atoms with Gasteiger partial charge in [-0.1, -0.05) is 45.7 Å². The van der Waals surface area contributed by atoms with Gasteiger partial charge in [0.05, 0.1) is 11.0 Å². The van der Waals surface area contributed by atoms with E-state index in [1.165, 1.54) is 21.9 Å². The Morgan fingerprint density at radius 2 is 1.00 bits per heavy atom. The van der Waals surface area contributed by atoms with Crippen LogP contribution in [0.25, 0.3) is 21.8 Å². The maximum Gasteiger partial charge on any atom is 0.138 e. The summed E-state index contributed by atoms with van der Waals surface area (Å²) in [7, 11) is 3.51. The predicted molar refractivity (Wildman–Crippen MR) is 144 cm³/mol. The summed E-state index contributed by atoms with van der Waals surface area (Å²) in [5.41, 5.74) is 3.55. The minimum Gasteiger partial charge on any atom is -0.359 e. The monoisotopic (exact) mass is 574 g/mol. The topological polar surface area (TPSA) is 28.3 Å². The molecule has 4 rings (SSSR count). The van der Waals surface area contributed by atoms with E-state index in [0.717, 1.165) is 20.0 Å². The molecule has 176 valence electrons. The minimum atomic E-state index is -0.477. The van der Waals surface area contributed by atoms with Crippen LogP contribution in [-0.2, 0) is 26.3 Å². The highest BCUT2D eigenvalue weighted by Gasteiger charge is 2.34. The van der Waals surface area contributed by atoms with Crippen molar-refractivity contribution in [3.8, 4) is 0 Å². The van der Waals surface area contributed by atoms with Crippen LogP contribution >= 0.6 is 31.9 Å². The molecule has 0 bridgehead atoms. The molecule has 0 amide bonds. The molecule has 0 aliphatic heterocycles. The second-order valence-electron chi connectivity index (χ2n) is 10.1. The lowest BCUT2D eigenvalue weighted by Gasteiger charge is -2.28. The Labute approximate surface area is 213 Å². The van der Waals surface area contributed by atoms with Crippen LogP contribution in [0.3, 0.4) is 0 Å². The van der Waals surface area contributed by atoms with Gasteiger partial charge in [-0.05, 0) is 75.2 Å². The molecule has 0 spiro atoms. The number of hydrogen-bond donors (Lipinski definition) is 0. The zero-order valence-corrected chi connectivity index (χ0v) is 23.8. The summed E-state index contributed by atoms with van der Waals surface area (Å²) < 4.78 is 18.3. The van der Waals surface area contributed by atoms with E-state index in [1.807, 2.05) is 0 Å². The Bertz CT molecular complexity index is 1240. The number of ether oxygens (including phenoxy) is 2. The Balaban J connectivity index is 2.06. The summed E-state index contributed by atoms with van der Waals surface area (Å²) >= 11 is 7.38. The van der Waals surface area contributed by atoms with Crippen molar-refractivity contribution in [1.29, 1.82) is 0 Å². The predicted octanol–water partition coefficient (Wildman–Crippen LogP) is 8.12. The number of methoxy groups -OCH3 is 2. The van der Waals surface area contributed by atoms with E-state index in [9.17, 15) is 0 Å². The Kier molecular flexibility index (Phi) is 6.14. The summed E-state index contributed by atoms with van der Waals surface area (Å²) in [6.45, 7) is 13.0. The largest absolute Gasteiger partial charge is 0.359 e. The van der Waals surface area contributed by atoms with Crippen LogP contribution in [0.2, 0.25) is 0 Å². The van der Waals surface area contributed by atoms with Gasteiger partial charge in [0.25, 0.3) is 0 Å². The van der Waals surface area contributed by atoms with Gasteiger partial charge in [-0.3, -0.25) is 0 Å². The highest BCUT2D eigenvalue weighted by molar-refractivity contribution is 9.10. The molecule has 4 aromatic rings. The number of aromatic nitrogens is 2. The molecule has 0 radical (unpaired) electrons. The van der Waals surface area contributed by atoms with Crippen molar-refractivity contribution in [3.63, 3.8) is 0 Å². The van der Waals surface area contributed by atoms with Crippen LogP contribution in [0, 0.1) is 0 Å². The number of benzene rings is 2. The lowest BCUT2D eigenvalue weighted by molar-refractivity contribution is -0.0416. The summed E-state index contributed by atoms with van der Waals surface area (Å²) in [4.78, 5) is 0. The highest BCUT2D eigenvalue weighted by atomic mass is 79.9. The van der Waals surface area contributed by atoms with Gasteiger partial charge in [0.15, 0.2) is 0 Å². The number of nitrogens with zero attached hydrogens (tertiary/aromatic N) is 2. The molecular weight excluding hydrogens is 544 g/mol. The van der Waals surface area contributed by atoms with E-state index in [1.54, 1.807) is 14.2 Å². The van der Waals surface area contributed by atoms with Crippen molar-refractivity contribution in [2.75, 3.05) is 14.2 Å². The first-order valence-corrected chi connectivity index (χ1v) is 12.7. The molecule has 33 heavy (non-hydrogen) atoms. The third-order valence-corrected chi connectivity index (χ3v) is 8.03. The van der Waals surface area contributed by atoms with Crippen molar-refractivity contribution in [2.24, 2.45) is 0 Å². The second-order valence-corrected chi connectivity index (χ2v) is 11.9. The molecule has 0 atom stereocenters. The summed E-state index contributed by atoms with van der Waals surface area (Å²) in [6.07, 6.45) is 4.51. The molecule has 0 N–H and O–H groups in total. The van der Waals surface area contributed by atoms with Crippen LogP contribution in [0.15, 0.2) is 57.7 Å². The third-order valence-electron chi connectivity index (χ3n) is 7.04. The van der Waals surface area contributed by atoms with Gasteiger partial charge < -0.3 is 18.6 Å². The van der Waals surface area contributed by atoms with E-state index >= 15 is 0 Å². The number of rotatable bonds is 6. The molecule has 2 aromatic heterocycles. The molecule has 4 nitrogen and oxygen atoms in total. The van der Waals surface area contributed by atoms with Gasteiger partial charge in [-0.2, -0.15) is 0 Å². The van der Waals surface area contributed by atoms with Crippen LogP contribution in [0.5, 0.6) is 0 Å². The molecule has 0 aliphatic carbocycles. The Hall–Kier alpha value is -1.60. The van der Waals surface area contributed by atoms with Crippen molar-refractivity contribution < 1.29 is 9.47 Å². The van der Waals surface area contributed by atoms with Crippen LogP contribution in [0.4, 0.5) is 0 Å². The summed E-state index contributed by atoms with van der Waals surface area (Å²) in [6, 6.07) is 12.9. The molecular formula is C27H32Br2N2O2. The van der Waals surface area contributed by atoms with Crippen LogP contribution < -0.4 is 0 Å². The lowest BCUT2D eigenvalue weighted by Crippen LogP contribution is -2.28. The summed E-state index contributed by atoms with van der Waals surface area (Å²) in [5, 5.41) is 2.42. The van der Waals surface area contributed by atoms with Gasteiger partial charge in [-0.15, -0.1) is 0 Å². The Morgan fingerprint density at radius 1 is 0.636 bits per heavy atom. The minimum absolute atomic E-state index is 0.289. The molecule has 0 fully saturated rings. The van der Waals surface area contributed by atoms with Gasteiger partial charge in [0.1, 0.15) is 11.4 Å². The molecule has 0 aliphatic rings. The fourth-order valence-electron chi connectivity index (χ4n) is 4.63. The van der Waals surface area contributed by atoms with Gasteiger partial charge >= 0.3 is 0 Å². The van der Waals surface area contributed by atoms with Crippen molar-refractivity contribution in [1.82, 2.24) is 9.13 Å². The first-order chi connectivity index (χ1) is 15.3. The summed E-state index contributed by atoms with van der Waals surface area (Å²) in [5.74, 6) is 0. The number of fused-ring (bicyclic) bond motifs is 2. The van der Waals surface area contributed by atoms with Crippen molar-refractivity contribution in [3.05, 3.63) is 68.9 Å². The fourth-order valence-corrected chi connectivity index (χ4v) is 5.36. The lowest BCUT2D eigenvalue weighted by atomic mass is 9.78. The number of hydrogen-bond acceptors (Lipinski definition) is 2. The van der Waals surface area contributed by atoms with Crippen molar-refractivity contribution in [2.45, 2.75) is 58.4 Å². The van der Waals surface area contributed by atoms with Crippen LogP contribution in [-0.4, -0.2) is 23.4 Å². The quantitative estimate of drug-likeness (QED) is 0.232. The van der Waals surface area contributed by atoms with E-state index in [-0.39, 0.29) is 5.41 Å². The molecule has 0 saturated heterocycles. The second kappa shape index (κ2) is 8.26. The zero-order chi connectivity index (χ0) is 24.3. The standard InChI is InChI=1S/C27H32Br2N2O2/c1-25(2,21-15-30(26(3,4)32-7)23-11-9-17(28)13-19(21)23)22-16-31(27(5,6)33-8)24-12-10-18(29)14-20(22)24/h9-16H,1-8H3. The average molecular weight is 576 g/mol. The molecule has 0 saturated carbocycles. The first kappa shape index (κ1) is 24.5. The Morgan fingerprint density at radius 3 is 1.33 bits per heavy atom. The van der Waals surface area contributed by atoms with Gasteiger partial charge in [0, 0.05) is 51.7 Å². The maximum atomic E-state index is 5.87. The van der Waals surface area contributed by atoms with E-state index in [4.69, 9.17) is 9.47 Å². The van der Waals surface area contributed by atoms with E-state index in [2.05, 4.69) is 131 Å². The average Bonchev–Trinajstić information content (AvgIpc) is 3.33.